The molecule has 9 heavy (non-hydrogen) atoms. The summed E-state index contributed by atoms with van der Waals surface area (Å²) in [6.07, 6.45) is 8.95. The van der Waals surface area contributed by atoms with Gasteiger partial charge in [-0.1, -0.05) is 0 Å². The van der Waals surface area contributed by atoms with Crippen LogP contribution in [0.3, 0.4) is 0 Å². The molecule has 0 aliphatic heterocycles. The SMILES string of the molecule is [CH3][Pd]([CH3])([CH3])[CH]1C=CC=C1. The van der Waals surface area contributed by atoms with Crippen LogP contribution in [0.2, 0.25) is 20.6 Å². The first-order valence-corrected chi connectivity index (χ1v) is 8.36. The minimum absolute atomic E-state index is 0.800. The van der Waals surface area contributed by atoms with Gasteiger partial charge >= 0.3 is 60.4 Å². The van der Waals surface area contributed by atoms with Crippen LogP contribution in [0.1, 0.15) is 0 Å². The van der Waals surface area contributed by atoms with E-state index in [1.54, 1.807) is 0 Å². The van der Waals surface area contributed by atoms with Gasteiger partial charge in [-0.3, -0.25) is 0 Å². The molecule has 0 radical (unpaired) electrons. The van der Waals surface area contributed by atoms with E-state index in [9.17, 15) is 0 Å². The monoisotopic (exact) mass is 216 g/mol. The van der Waals surface area contributed by atoms with Gasteiger partial charge in [0.1, 0.15) is 0 Å². The molecule has 0 spiro atoms. The van der Waals surface area contributed by atoms with Crippen molar-refractivity contribution in [1.29, 1.82) is 0 Å². The molecule has 0 aromatic rings. The normalized spacial score (nSPS) is 21.2. The van der Waals surface area contributed by atoms with E-state index in [4.69, 9.17) is 0 Å². The Labute approximate surface area is 60.7 Å². The van der Waals surface area contributed by atoms with Crippen LogP contribution in [0.4, 0.5) is 0 Å². The summed E-state index contributed by atoms with van der Waals surface area (Å²) in [4.78, 5) is 0. The predicted molar refractivity (Wildman–Crippen MR) is 39.6 cm³/mol. The zero-order valence-electron chi connectivity index (χ0n) is 6.20. The zero-order chi connectivity index (χ0) is 6.91. The summed E-state index contributed by atoms with van der Waals surface area (Å²) in [6, 6.07) is 0. The Morgan fingerprint density at radius 2 is 1.44 bits per heavy atom. The fraction of sp³-hybridized carbons (Fsp3) is 0.500. The first-order valence-electron chi connectivity index (χ1n) is 2.80. The Balaban J connectivity index is 2.64. The van der Waals surface area contributed by atoms with Gasteiger partial charge in [-0.15, -0.1) is 0 Å². The van der Waals surface area contributed by atoms with Gasteiger partial charge in [0, 0.05) is 0 Å². The van der Waals surface area contributed by atoms with Crippen LogP contribution in [-0.4, -0.2) is 0 Å². The van der Waals surface area contributed by atoms with Crippen molar-refractivity contribution in [2.75, 3.05) is 0 Å². The van der Waals surface area contributed by atoms with E-state index in [1.165, 1.54) is 0 Å². The molecule has 0 aromatic carbocycles. The van der Waals surface area contributed by atoms with Crippen molar-refractivity contribution in [3.63, 3.8) is 0 Å². The summed E-state index contributed by atoms with van der Waals surface area (Å²) in [7, 11) is 0. The molecule has 0 heterocycles. The topological polar surface area (TPSA) is 0 Å². The van der Waals surface area contributed by atoms with E-state index in [0.717, 1.165) is 4.39 Å². The van der Waals surface area contributed by atoms with Crippen LogP contribution >= 0.6 is 0 Å². The molecule has 0 saturated heterocycles. The van der Waals surface area contributed by atoms with Crippen molar-refractivity contribution in [1.82, 2.24) is 0 Å². The van der Waals surface area contributed by atoms with Crippen LogP contribution in [0, 0.1) is 0 Å². The van der Waals surface area contributed by atoms with Crippen molar-refractivity contribution in [2.24, 2.45) is 0 Å². The Morgan fingerprint density at radius 3 is 1.67 bits per heavy atom. The number of rotatable bonds is 1. The van der Waals surface area contributed by atoms with Gasteiger partial charge < -0.3 is 0 Å². The molecule has 0 N–H and O–H groups in total. The fourth-order valence-electron chi connectivity index (χ4n) is 0.756. The summed E-state index contributed by atoms with van der Waals surface area (Å²) < 4.78 is 0.800. The summed E-state index contributed by atoms with van der Waals surface area (Å²) in [5.74, 6) is 0. The van der Waals surface area contributed by atoms with E-state index in [1.807, 2.05) is 0 Å². The van der Waals surface area contributed by atoms with Crippen LogP contribution in [0.15, 0.2) is 24.3 Å². The standard InChI is InChI=1S/C5H5.3CH3.Pd/c1-2-4-5-3-1;;;;/h1-5H;3*1H3;. The van der Waals surface area contributed by atoms with Crippen molar-refractivity contribution in [3.05, 3.63) is 24.3 Å². The molecule has 56 valence electrons. The maximum absolute atomic E-state index is 2.41. The van der Waals surface area contributed by atoms with Gasteiger partial charge in [0.15, 0.2) is 0 Å². The van der Waals surface area contributed by atoms with Gasteiger partial charge in [-0.05, 0) is 0 Å². The van der Waals surface area contributed by atoms with E-state index in [2.05, 4.69) is 40.5 Å². The second-order valence-corrected chi connectivity index (χ2v) is 11.1. The zero-order valence-corrected chi connectivity index (χ0v) is 7.76. The average molecular weight is 217 g/mol. The maximum atomic E-state index is 2.41. The number of hydrogen-bond acceptors (Lipinski definition) is 0. The van der Waals surface area contributed by atoms with Crippen molar-refractivity contribution in [3.8, 4) is 0 Å². The molecule has 0 nitrogen and oxygen atoms in total. The third-order valence-electron chi connectivity index (χ3n) is 1.31. The third-order valence-corrected chi connectivity index (χ3v) is 5.02. The van der Waals surface area contributed by atoms with Gasteiger partial charge in [-0.2, -0.15) is 0 Å². The van der Waals surface area contributed by atoms with Crippen LogP contribution in [0.25, 0.3) is 0 Å². The molecule has 1 heteroatoms. The summed E-state index contributed by atoms with van der Waals surface area (Å²) in [6.45, 7) is 0. The first-order chi connectivity index (χ1) is 4.11. The van der Waals surface area contributed by atoms with E-state index >= 15 is 0 Å². The van der Waals surface area contributed by atoms with Gasteiger partial charge in [0.25, 0.3) is 0 Å². The summed E-state index contributed by atoms with van der Waals surface area (Å²) >= 11 is -1.00. The predicted octanol–water partition coefficient (Wildman–Crippen LogP) is 3.20. The molecule has 1 aliphatic carbocycles. The Morgan fingerprint density at radius 1 is 1.00 bits per heavy atom. The average Bonchev–Trinajstić information content (AvgIpc) is 2.08. The van der Waals surface area contributed by atoms with Gasteiger partial charge in [0.2, 0.25) is 0 Å². The first kappa shape index (κ1) is 7.25. The number of hydrogen-bond donors (Lipinski definition) is 0. The fourth-order valence-corrected chi connectivity index (χ4v) is 2.90. The quantitative estimate of drug-likeness (QED) is 0.591. The molecule has 0 atom stereocenters. The molecular formula is C8H14Pd. The Bertz CT molecular complexity index is 136. The molecule has 1 aliphatic rings. The van der Waals surface area contributed by atoms with E-state index < -0.39 is 15.5 Å². The molecule has 0 amide bonds. The second kappa shape index (κ2) is 2.40. The van der Waals surface area contributed by atoms with Crippen molar-refractivity contribution in [2.45, 2.75) is 20.6 Å². The third kappa shape index (κ3) is 1.78. The van der Waals surface area contributed by atoms with Gasteiger partial charge in [-0.25, -0.2) is 0 Å². The van der Waals surface area contributed by atoms with Gasteiger partial charge in [0.05, 0.1) is 0 Å². The molecule has 1 rings (SSSR count). The molecule has 0 unspecified atom stereocenters. The summed E-state index contributed by atoms with van der Waals surface area (Å²) in [5.41, 5.74) is 0. The van der Waals surface area contributed by atoms with Crippen molar-refractivity contribution >= 4 is 0 Å². The second-order valence-electron chi connectivity index (χ2n) is 2.67. The molecule has 0 fully saturated rings. The molecular weight excluding hydrogens is 203 g/mol. The van der Waals surface area contributed by atoms with E-state index in [0.29, 0.717) is 0 Å². The molecule has 0 bridgehead atoms. The summed E-state index contributed by atoms with van der Waals surface area (Å²) in [5, 5.41) is 7.23. The number of allylic oxidation sites excluding steroid dienone is 4. The van der Waals surface area contributed by atoms with Crippen molar-refractivity contribution < 1.29 is 15.5 Å². The van der Waals surface area contributed by atoms with Crippen LogP contribution in [0.5, 0.6) is 0 Å². The van der Waals surface area contributed by atoms with Crippen LogP contribution in [-0.2, 0) is 15.5 Å². The Kier molecular flexibility index (Phi) is 1.94. The van der Waals surface area contributed by atoms with Crippen LogP contribution < -0.4 is 0 Å². The molecule has 0 saturated carbocycles. The molecule has 0 aromatic heterocycles. The van der Waals surface area contributed by atoms with E-state index in [-0.39, 0.29) is 0 Å². The Hall–Kier alpha value is 0.142. The minimum atomic E-state index is -1.00.